The van der Waals surface area contributed by atoms with Crippen LogP contribution in [0.3, 0.4) is 0 Å². The minimum Gasteiger partial charge on any atom is -0.381 e. The Bertz CT molecular complexity index is 944. The molecule has 1 aromatic carbocycles. The van der Waals surface area contributed by atoms with Crippen molar-refractivity contribution in [3.63, 3.8) is 0 Å². The number of nitrogens with zero attached hydrogens (tertiary/aromatic N) is 3. The summed E-state index contributed by atoms with van der Waals surface area (Å²) in [5.41, 5.74) is 1.06. The van der Waals surface area contributed by atoms with Gasteiger partial charge in [-0.15, -0.1) is 10.2 Å². The maximum absolute atomic E-state index is 13.6. The zero-order valence-electron chi connectivity index (χ0n) is 18.9. The molecule has 1 N–H and O–H groups in total. The highest BCUT2D eigenvalue weighted by atomic mass is 35.5. The minimum atomic E-state index is -1.25. The van der Waals surface area contributed by atoms with Crippen molar-refractivity contribution in [1.82, 2.24) is 15.1 Å². The number of aromatic nitrogens is 2. The van der Waals surface area contributed by atoms with Crippen LogP contribution in [-0.2, 0) is 4.74 Å². The largest absolute Gasteiger partial charge is 0.381 e. The zero-order valence-corrected chi connectivity index (χ0v) is 17.6. The van der Waals surface area contributed by atoms with E-state index in [1.807, 2.05) is 6.07 Å². The first-order valence-corrected chi connectivity index (χ1v) is 11.2. The third kappa shape index (κ3) is 4.46. The van der Waals surface area contributed by atoms with E-state index in [1.54, 1.807) is 6.07 Å². The molecule has 3 atom stereocenters. The standard InChI is InChI=1S/C23H28ClFN4O/c24-21-2-1-18(25)11-20(21)22-3-4-23(28-27-22)26-19-9-16-13-29(14-17(16)10-19)12-15-5-7-30-8-6-15/h1-4,11,15-17,19H,5-10,12-14H2,(H,26,28)/t16-,17+,19?/i12D2. The summed E-state index contributed by atoms with van der Waals surface area (Å²) in [7, 11) is 0. The van der Waals surface area contributed by atoms with Crippen molar-refractivity contribution in [2.45, 2.75) is 31.7 Å². The topological polar surface area (TPSA) is 50.3 Å². The number of halogens is 2. The van der Waals surface area contributed by atoms with E-state index < -0.39 is 6.50 Å². The summed E-state index contributed by atoms with van der Waals surface area (Å²) in [6.07, 6.45) is 3.62. The molecule has 3 fully saturated rings. The van der Waals surface area contributed by atoms with E-state index in [2.05, 4.69) is 20.4 Å². The highest BCUT2D eigenvalue weighted by molar-refractivity contribution is 6.33. The van der Waals surface area contributed by atoms with Gasteiger partial charge in [-0.1, -0.05) is 11.6 Å². The molecule has 0 amide bonds. The Morgan fingerprint density at radius 1 is 1.13 bits per heavy atom. The molecule has 5 nitrogen and oxygen atoms in total. The Balaban J connectivity index is 1.18. The fourth-order valence-electron chi connectivity index (χ4n) is 5.06. The molecule has 0 bridgehead atoms. The summed E-state index contributed by atoms with van der Waals surface area (Å²) in [6, 6.07) is 8.17. The van der Waals surface area contributed by atoms with Gasteiger partial charge in [0.05, 0.1) is 10.7 Å². The highest BCUT2D eigenvalue weighted by Crippen LogP contribution is 2.39. The monoisotopic (exact) mass is 432 g/mol. The molecule has 0 radical (unpaired) electrons. The van der Waals surface area contributed by atoms with Gasteiger partial charge in [0.1, 0.15) is 11.6 Å². The van der Waals surface area contributed by atoms with E-state index in [0.717, 1.165) is 38.8 Å². The highest BCUT2D eigenvalue weighted by Gasteiger charge is 2.41. The second kappa shape index (κ2) is 8.77. The van der Waals surface area contributed by atoms with Crippen LogP contribution in [0.5, 0.6) is 0 Å². The molecule has 2 aliphatic heterocycles. The fraction of sp³-hybridized carbons (Fsp3) is 0.565. The van der Waals surface area contributed by atoms with Crippen molar-refractivity contribution in [1.29, 1.82) is 0 Å². The van der Waals surface area contributed by atoms with Crippen LogP contribution < -0.4 is 5.32 Å². The van der Waals surface area contributed by atoms with E-state index >= 15 is 0 Å². The molecule has 1 saturated carbocycles. The lowest BCUT2D eigenvalue weighted by molar-refractivity contribution is 0.0545. The van der Waals surface area contributed by atoms with E-state index in [-0.39, 0.29) is 11.7 Å². The lowest BCUT2D eigenvalue weighted by Gasteiger charge is -2.27. The molecule has 3 heterocycles. The normalized spacial score (nSPS) is 28.8. The maximum atomic E-state index is 13.6. The third-order valence-electron chi connectivity index (χ3n) is 6.56. The summed E-state index contributed by atoms with van der Waals surface area (Å²) in [6.45, 7) is 1.71. The fourth-order valence-corrected chi connectivity index (χ4v) is 5.28. The lowest BCUT2D eigenvalue weighted by atomic mass is 10.00. The maximum Gasteiger partial charge on any atom is 0.148 e. The molecule has 7 heteroatoms. The molecule has 0 spiro atoms. The van der Waals surface area contributed by atoms with Gasteiger partial charge < -0.3 is 15.0 Å². The Kier molecular flexibility index (Phi) is 5.23. The van der Waals surface area contributed by atoms with Gasteiger partial charge in [0.15, 0.2) is 0 Å². The molecule has 5 rings (SSSR count). The van der Waals surface area contributed by atoms with Crippen LogP contribution in [-0.4, -0.2) is 53.9 Å². The number of nitrogens with one attached hydrogen (secondary N) is 1. The van der Waals surface area contributed by atoms with E-state index in [0.29, 0.717) is 53.2 Å². The molecule has 160 valence electrons. The smallest absolute Gasteiger partial charge is 0.148 e. The number of hydrogen-bond acceptors (Lipinski definition) is 5. The predicted octanol–water partition coefficient (Wildman–Crippen LogP) is 4.49. The molecule has 1 aromatic heterocycles. The number of fused-ring (bicyclic) bond motifs is 1. The molecular formula is C23H28ClFN4O. The van der Waals surface area contributed by atoms with Gasteiger partial charge in [-0.05, 0) is 73.8 Å². The second-order valence-electron chi connectivity index (χ2n) is 8.68. The van der Waals surface area contributed by atoms with Crippen molar-refractivity contribution < 1.29 is 11.9 Å². The van der Waals surface area contributed by atoms with Gasteiger partial charge in [0.2, 0.25) is 0 Å². The summed E-state index contributed by atoms with van der Waals surface area (Å²) in [5, 5.41) is 12.4. The van der Waals surface area contributed by atoms with Crippen molar-refractivity contribution in [2.24, 2.45) is 17.8 Å². The zero-order chi connectivity index (χ0) is 22.3. The summed E-state index contributed by atoms with van der Waals surface area (Å²) in [5.74, 6) is 1.40. The average molecular weight is 433 g/mol. The van der Waals surface area contributed by atoms with E-state index in [1.165, 1.54) is 18.2 Å². The van der Waals surface area contributed by atoms with Gasteiger partial charge in [-0.2, -0.15) is 0 Å². The molecule has 3 aliphatic rings. The van der Waals surface area contributed by atoms with Crippen LogP contribution in [0.25, 0.3) is 11.3 Å². The molecule has 1 unspecified atom stereocenters. The van der Waals surface area contributed by atoms with Crippen molar-refractivity contribution in [2.75, 3.05) is 38.1 Å². The van der Waals surface area contributed by atoms with Crippen LogP contribution in [0.2, 0.25) is 5.02 Å². The van der Waals surface area contributed by atoms with Gasteiger partial charge in [0, 0.05) is 47.1 Å². The first-order chi connectivity index (χ1) is 15.4. The van der Waals surface area contributed by atoms with E-state index in [4.69, 9.17) is 19.1 Å². The number of rotatable bonds is 5. The van der Waals surface area contributed by atoms with E-state index in [9.17, 15) is 4.39 Å². The number of anilines is 1. The molecular weight excluding hydrogens is 403 g/mol. The average Bonchev–Trinajstić information content (AvgIpc) is 3.36. The van der Waals surface area contributed by atoms with Crippen LogP contribution in [0, 0.1) is 23.6 Å². The minimum absolute atomic E-state index is 0.0596. The van der Waals surface area contributed by atoms with Crippen LogP contribution in [0.4, 0.5) is 10.2 Å². The molecule has 1 aliphatic carbocycles. The predicted molar refractivity (Wildman–Crippen MR) is 116 cm³/mol. The summed E-state index contributed by atoms with van der Waals surface area (Å²) < 4.78 is 36.4. The Hall–Kier alpha value is -1.76. The van der Waals surface area contributed by atoms with Gasteiger partial charge in [-0.3, -0.25) is 0 Å². The lowest BCUT2D eigenvalue weighted by Crippen LogP contribution is -2.32. The number of hydrogen-bond donors (Lipinski definition) is 1. The SMILES string of the molecule is [2H]C([2H])(C1CCOCC1)N1C[C@H]2CC(Nc3ccc(-c4cc(F)ccc4Cl)nn3)C[C@H]2C1. The van der Waals surface area contributed by atoms with Gasteiger partial charge in [0.25, 0.3) is 0 Å². The Labute approximate surface area is 184 Å². The molecule has 2 saturated heterocycles. The second-order valence-corrected chi connectivity index (χ2v) is 9.09. The number of likely N-dealkylation sites (tertiary alicyclic amines) is 1. The quantitative estimate of drug-likeness (QED) is 0.754. The first kappa shape index (κ1) is 17.9. The van der Waals surface area contributed by atoms with Gasteiger partial charge in [-0.25, -0.2) is 4.39 Å². The van der Waals surface area contributed by atoms with Gasteiger partial charge >= 0.3 is 0 Å². The van der Waals surface area contributed by atoms with Crippen molar-refractivity contribution >= 4 is 17.4 Å². The summed E-state index contributed by atoms with van der Waals surface area (Å²) >= 11 is 6.17. The van der Waals surface area contributed by atoms with Crippen molar-refractivity contribution in [3.8, 4) is 11.3 Å². The third-order valence-corrected chi connectivity index (χ3v) is 6.89. The molecule has 2 aromatic rings. The molecule has 30 heavy (non-hydrogen) atoms. The Morgan fingerprint density at radius 3 is 2.60 bits per heavy atom. The van der Waals surface area contributed by atoms with Crippen LogP contribution in [0.1, 0.15) is 28.4 Å². The first-order valence-electron chi connectivity index (χ1n) is 11.8. The van der Waals surface area contributed by atoms with Crippen LogP contribution >= 0.6 is 11.6 Å². The number of ether oxygens (including phenoxy) is 1. The Morgan fingerprint density at radius 2 is 1.90 bits per heavy atom. The van der Waals surface area contributed by atoms with Crippen molar-refractivity contribution in [3.05, 3.63) is 41.2 Å². The summed E-state index contributed by atoms with van der Waals surface area (Å²) in [4.78, 5) is 2.08. The number of benzene rings is 1. The van der Waals surface area contributed by atoms with Crippen LogP contribution in [0.15, 0.2) is 30.3 Å².